The highest BCUT2D eigenvalue weighted by Crippen LogP contribution is 2.16. The fourth-order valence-electron chi connectivity index (χ4n) is 2.83. The lowest BCUT2D eigenvalue weighted by Gasteiger charge is -2.12. The van der Waals surface area contributed by atoms with Gasteiger partial charge >= 0.3 is 11.9 Å². The van der Waals surface area contributed by atoms with Gasteiger partial charge in [-0.05, 0) is 80.6 Å². The van der Waals surface area contributed by atoms with Gasteiger partial charge in [-0.2, -0.15) is 0 Å². The SMILES string of the molecule is CCOC(=O)c1ccc(OCCC[C@H](C)CCOC(=O)c2ccc(OC)cc2)cc1. The van der Waals surface area contributed by atoms with Crippen LogP contribution in [0.1, 0.15) is 53.8 Å². The van der Waals surface area contributed by atoms with Crippen molar-refractivity contribution in [2.24, 2.45) is 5.92 Å². The lowest BCUT2D eigenvalue weighted by Crippen LogP contribution is -2.10. The van der Waals surface area contributed by atoms with E-state index in [0.29, 0.717) is 42.6 Å². The summed E-state index contributed by atoms with van der Waals surface area (Å²) in [6, 6.07) is 13.8. The van der Waals surface area contributed by atoms with Crippen molar-refractivity contribution in [2.75, 3.05) is 26.9 Å². The van der Waals surface area contributed by atoms with Crippen LogP contribution in [0, 0.1) is 5.92 Å². The zero-order chi connectivity index (χ0) is 21.8. The van der Waals surface area contributed by atoms with Gasteiger partial charge in [0.15, 0.2) is 0 Å². The molecule has 0 aromatic heterocycles. The van der Waals surface area contributed by atoms with E-state index in [2.05, 4.69) is 6.92 Å². The van der Waals surface area contributed by atoms with E-state index in [4.69, 9.17) is 18.9 Å². The minimum atomic E-state index is -0.328. The van der Waals surface area contributed by atoms with Gasteiger partial charge in [0, 0.05) is 0 Å². The molecular formula is C24H30O6. The zero-order valence-electron chi connectivity index (χ0n) is 17.9. The van der Waals surface area contributed by atoms with Gasteiger partial charge in [0.25, 0.3) is 0 Å². The molecule has 6 nitrogen and oxygen atoms in total. The summed E-state index contributed by atoms with van der Waals surface area (Å²) in [5.41, 5.74) is 1.04. The second kappa shape index (κ2) is 12.5. The first kappa shape index (κ1) is 23.3. The van der Waals surface area contributed by atoms with Crippen LogP contribution in [0.2, 0.25) is 0 Å². The van der Waals surface area contributed by atoms with Crippen LogP contribution in [0.3, 0.4) is 0 Å². The van der Waals surface area contributed by atoms with Crippen molar-refractivity contribution in [2.45, 2.75) is 33.1 Å². The Labute approximate surface area is 178 Å². The Morgan fingerprint density at radius 3 is 1.93 bits per heavy atom. The van der Waals surface area contributed by atoms with E-state index >= 15 is 0 Å². The van der Waals surface area contributed by atoms with Crippen molar-refractivity contribution in [3.63, 3.8) is 0 Å². The molecular weight excluding hydrogens is 384 g/mol. The molecule has 0 aliphatic rings. The van der Waals surface area contributed by atoms with E-state index in [1.54, 1.807) is 62.6 Å². The normalized spacial score (nSPS) is 11.4. The summed E-state index contributed by atoms with van der Waals surface area (Å²) in [4.78, 5) is 23.7. The maximum Gasteiger partial charge on any atom is 0.338 e. The molecule has 1 atom stereocenters. The van der Waals surface area contributed by atoms with E-state index in [1.807, 2.05) is 0 Å². The number of carbonyl (C=O) groups is 2. The number of benzene rings is 2. The van der Waals surface area contributed by atoms with Gasteiger partial charge in [-0.1, -0.05) is 6.92 Å². The Morgan fingerprint density at radius 2 is 1.37 bits per heavy atom. The fourth-order valence-corrected chi connectivity index (χ4v) is 2.83. The number of ether oxygens (including phenoxy) is 4. The summed E-state index contributed by atoms with van der Waals surface area (Å²) in [5.74, 6) is 1.20. The molecule has 2 aromatic carbocycles. The quantitative estimate of drug-likeness (QED) is 0.363. The second-order valence-electron chi connectivity index (χ2n) is 6.99. The largest absolute Gasteiger partial charge is 0.497 e. The van der Waals surface area contributed by atoms with Gasteiger partial charge < -0.3 is 18.9 Å². The average molecular weight is 414 g/mol. The minimum Gasteiger partial charge on any atom is -0.497 e. The van der Waals surface area contributed by atoms with Crippen LogP contribution < -0.4 is 9.47 Å². The predicted octanol–water partition coefficient (Wildman–Crippen LogP) is 4.91. The van der Waals surface area contributed by atoms with Crippen LogP contribution in [0.5, 0.6) is 11.5 Å². The number of hydrogen-bond donors (Lipinski definition) is 0. The van der Waals surface area contributed by atoms with Crippen molar-refractivity contribution >= 4 is 11.9 Å². The lowest BCUT2D eigenvalue weighted by atomic mass is 10.0. The van der Waals surface area contributed by atoms with Crippen LogP contribution >= 0.6 is 0 Å². The first-order valence-electron chi connectivity index (χ1n) is 10.2. The molecule has 0 heterocycles. The summed E-state index contributed by atoms with van der Waals surface area (Å²) < 4.78 is 21.1. The van der Waals surface area contributed by atoms with Crippen LogP contribution in [0.4, 0.5) is 0 Å². The van der Waals surface area contributed by atoms with Gasteiger partial charge in [0.2, 0.25) is 0 Å². The molecule has 0 fully saturated rings. The van der Waals surface area contributed by atoms with E-state index in [-0.39, 0.29) is 11.9 Å². The van der Waals surface area contributed by atoms with Crippen molar-refractivity contribution in [3.8, 4) is 11.5 Å². The first-order chi connectivity index (χ1) is 14.5. The Balaban J connectivity index is 1.60. The number of hydrogen-bond acceptors (Lipinski definition) is 6. The third-order valence-corrected chi connectivity index (χ3v) is 4.64. The monoisotopic (exact) mass is 414 g/mol. The molecule has 0 saturated carbocycles. The van der Waals surface area contributed by atoms with Crippen molar-refractivity contribution in [1.29, 1.82) is 0 Å². The van der Waals surface area contributed by atoms with Crippen molar-refractivity contribution < 1.29 is 28.5 Å². The Kier molecular flexibility index (Phi) is 9.71. The molecule has 0 aliphatic heterocycles. The molecule has 0 spiro atoms. The maximum absolute atomic E-state index is 12.0. The molecule has 0 unspecified atom stereocenters. The fraction of sp³-hybridized carbons (Fsp3) is 0.417. The van der Waals surface area contributed by atoms with Crippen LogP contribution in [0.25, 0.3) is 0 Å². The summed E-state index contributed by atoms with van der Waals surface area (Å²) in [5, 5.41) is 0. The zero-order valence-corrected chi connectivity index (χ0v) is 17.9. The van der Waals surface area contributed by atoms with Crippen molar-refractivity contribution in [3.05, 3.63) is 59.7 Å². The Bertz CT molecular complexity index is 782. The molecule has 0 bridgehead atoms. The lowest BCUT2D eigenvalue weighted by molar-refractivity contribution is 0.0481. The highest BCUT2D eigenvalue weighted by atomic mass is 16.5. The van der Waals surface area contributed by atoms with Gasteiger partial charge in [-0.15, -0.1) is 0 Å². The molecule has 0 N–H and O–H groups in total. The number of carbonyl (C=O) groups excluding carboxylic acids is 2. The Hall–Kier alpha value is -3.02. The summed E-state index contributed by atoms with van der Waals surface area (Å²) in [6.07, 6.45) is 2.67. The summed E-state index contributed by atoms with van der Waals surface area (Å²) >= 11 is 0. The van der Waals surface area contributed by atoms with Crippen LogP contribution in [-0.2, 0) is 9.47 Å². The predicted molar refractivity (Wildman–Crippen MR) is 114 cm³/mol. The van der Waals surface area contributed by atoms with E-state index in [1.165, 1.54) is 0 Å². The first-order valence-corrected chi connectivity index (χ1v) is 10.2. The number of esters is 2. The van der Waals surface area contributed by atoms with E-state index in [0.717, 1.165) is 25.0 Å². The molecule has 0 amide bonds. The molecule has 162 valence electrons. The minimum absolute atomic E-state index is 0.320. The summed E-state index contributed by atoms with van der Waals surface area (Å²) in [7, 11) is 1.58. The second-order valence-corrected chi connectivity index (χ2v) is 6.99. The smallest absolute Gasteiger partial charge is 0.338 e. The van der Waals surface area contributed by atoms with E-state index < -0.39 is 0 Å². The van der Waals surface area contributed by atoms with Gasteiger partial charge in [-0.3, -0.25) is 0 Å². The van der Waals surface area contributed by atoms with E-state index in [9.17, 15) is 9.59 Å². The Morgan fingerprint density at radius 1 is 0.800 bits per heavy atom. The van der Waals surface area contributed by atoms with Gasteiger partial charge in [0.05, 0.1) is 38.1 Å². The highest BCUT2D eigenvalue weighted by molar-refractivity contribution is 5.89. The standard InChI is InChI=1S/C24H30O6/c1-4-28-23(25)19-9-13-22(14-10-19)29-16-5-6-18(2)15-17-30-24(26)20-7-11-21(27-3)12-8-20/h7-14,18H,4-6,15-17H2,1-3H3/t18-/m0/s1. The molecule has 0 radical (unpaired) electrons. The topological polar surface area (TPSA) is 71.1 Å². The number of rotatable bonds is 12. The molecule has 0 saturated heterocycles. The van der Waals surface area contributed by atoms with Crippen LogP contribution in [0.15, 0.2) is 48.5 Å². The van der Waals surface area contributed by atoms with Crippen molar-refractivity contribution in [1.82, 2.24) is 0 Å². The van der Waals surface area contributed by atoms with Crippen LogP contribution in [-0.4, -0.2) is 38.9 Å². The molecule has 6 heteroatoms. The third kappa shape index (κ3) is 7.78. The molecule has 2 rings (SSSR count). The maximum atomic E-state index is 12.0. The average Bonchev–Trinajstić information content (AvgIpc) is 2.77. The van der Waals surface area contributed by atoms with Gasteiger partial charge in [-0.25, -0.2) is 9.59 Å². The summed E-state index contributed by atoms with van der Waals surface area (Å²) in [6.45, 7) is 5.25. The molecule has 2 aromatic rings. The number of methoxy groups -OCH3 is 1. The van der Waals surface area contributed by atoms with Gasteiger partial charge in [0.1, 0.15) is 11.5 Å². The molecule has 30 heavy (non-hydrogen) atoms. The molecule has 0 aliphatic carbocycles. The highest BCUT2D eigenvalue weighted by Gasteiger charge is 2.09. The third-order valence-electron chi connectivity index (χ3n) is 4.64.